The molecule has 0 aliphatic carbocycles. The van der Waals surface area contributed by atoms with Gasteiger partial charge in [0.1, 0.15) is 0 Å². The number of hydrogen-bond acceptors (Lipinski definition) is 6. The van der Waals surface area contributed by atoms with Crippen molar-refractivity contribution < 1.29 is 28.5 Å². The molecule has 1 aromatic carbocycles. The molecule has 2 rings (SSSR count). The van der Waals surface area contributed by atoms with E-state index < -0.39 is 18.0 Å². The van der Waals surface area contributed by atoms with E-state index in [1.165, 1.54) is 27.8 Å². The Hall–Kier alpha value is -2.90. The minimum absolute atomic E-state index is 0.343. The van der Waals surface area contributed by atoms with Crippen molar-refractivity contribution in [2.24, 2.45) is 0 Å². The minimum atomic E-state index is -0.708. The topological polar surface area (TPSA) is 95.1 Å². The van der Waals surface area contributed by atoms with Gasteiger partial charge in [-0.05, 0) is 31.0 Å². The van der Waals surface area contributed by atoms with Gasteiger partial charge in [0.15, 0.2) is 11.5 Å². The molecule has 0 aromatic heterocycles. The van der Waals surface area contributed by atoms with Crippen molar-refractivity contribution in [3.05, 3.63) is 29.0 Å². The predicted molar refractivity (Wildman–Crippen MR) is 113 cm³/mol. The summed E-state index contributed by atoms with van der Waals surface area (Å²) in [5.74, 6) is 0.831. The fourth-order valence-electron chi connectivity index (χ4n) is 3.43. The van der Waals surface area contributed by atoms with E-state index in [-0.39, 0.29) is 0 Å². The van der Waals surface area contributed by atoms with Crippen LogP contribution < -0.4 is 24.8 Å². The van der Waals surface area contributed by atoms with E-state index in [0.29, 0.717) is 40.7 Å². The maximum absolute atomic E-state index is 12.9. The normalized spacial score (nSPS) is 15.9. The number of esters is 1. The molecule has 1 aromatic rings. The van der Waals surface area contributed by atoms with Gasteiger partial charge in [-0.1, -0.05) is 32.6 Å². The van der Waals surface area contributed by atoms with Crippen LogP contribution in [0.5, 0.6) is 17.2 Å². The van der Waals surface area contributed by atoms with Gasteiger partial charge in [-0.3, -0.25) is 0 Å². The van der Waals surface area contributed by atoms with Crippen LogP contribution in [0.25, 0.3) is 0 Å². The zero-order valence-electron chi connectivity index (χ0n) is 18.4. The molecule has 2 N–H and O–H groups in total. The molecule has 0 spiro atoms. The first kappa shape index (κ1) is 23.4. The minimum Gasteiger partial charge on any atom is -0.493 e. The van der Waals surface area contributed by atoms with Crippen LogP contribution in [0.2, 0.25) is 0 Å². The smallest absolute Gasteiger partial charge is 0.338 e. The maximum Gasteiger partial charge on any atom is 0.338 e. The third-order valence-electron chi connectivity index (χ3n) is 4.99. The summed E-state index contributed by atoms with van der Waals surface area (Å²) in [6.07, 6.45) is 5.30. The van der Waals surface area contributed by atoms with Gasteiger partial charge in [-0.2, -0.15) is 0 Å². The van der Waals surface area contributed by atoms with E-state index in [9.17, 15) is 9.59 Å². The zero-order valence-corrected chi connectivity index (χ0v) is 18.4. The highest BCUT2D eigenvalue weighted by molar-refractivity contribution is 5.95. The summed E-state index contributed by atoms with van der Waals surface area (Å²) < 4.78 is 21.7. The summed E-state index contributed by atoms with van der Waals surface area (Å²) in [6.45, 7) is 4.18. The van der Waals surface area contributed by atoms with Crippen molar-refractivity contribution in [2.45, 2.75) is 52.0 Å². The van der Waals surface area contributed by atoms with Gasteiger partial charge in [0, 0.05) is 5.70 Å². The first-order valence-electron chi connectivity index (χ1n) is 10.2. The second-order valence-electron chi connectivity index (χ2n) is 7.08. The Balaban J connectivity index is 2.27. The van der Waals surface area contributed by atoms with Gasteiger partial charge < -0.3 is 29.6 Å². The maximum atomic E-state index is 12.9. The number of allylic oxidation sites excluding steroid dienone is 1. The van der Waals surface area contributed by atoms with E-state index in [4.69, 9.17) is 18.9 Å². The summed E-state index contributed by atoms with van der Waals surface area (Å²) in [4.78, 5) is 25.0. The number of nitrogens with one attached hydrogen (secondary N) is 2. The van der Waals surface area contributed by atoms with Gasteiger partial charge in [0.2, 0.25) is 5.75 Å². The number of amides is 2. The largest absolute Gasteiger partial charge is 0.493 e. The van der Waals surface area contributed by atoms with Gasteiger partial charge in [0.25, 0.3) is 0 Å². The van der Waals surface area contributed by atoms with Crippen LogP contribution in [0.4, 0.5) is 4.79 Å². The molecule has 0 fully saturated rings. The number of ether oxygens (including phenoxy) is 4. The Morgan fingerprint density at radius 2 is 1.63 bits per heavy atom. The third-order valence-corrected chi connectivity index (χ3v) is 4.99. The monoisotopic (exact) mass is 420 g/mol. The number of urea groups is 1. The molecule has 8 nitrogen and oxygen atoms in total. The number of rotatable bonds is 11. The lowest BCUT2D eigenvalue weighted by molar-refractivity contribution is -0.139. The van der Waals surface area contributed by atoms with Crippen LogP contribution >= 0.6 is 0 Å². The number of benzene rings is 1. The molecule has 2 amide bonds. The Morgan fingerprint density at radius 1 is 1.00 bits per heavy atom. The second-order valence-corrected chi connectivity index (χ2v) is 7.08. The number of hydrogen-bond donors (Lipinski definition) is 2. The van der Waals surface area contributed by atoms with Crippen molar-refractivity contribution in [3.63, 3.8) is 0 Å². The first-order chi connectivity index (χ1) is 14.5. The van der Waals surface area contributed by atoms with Gasteiger partial charge in [-0.15, -0.1) is 0 Å². The van der Waals surface area contributed by atoms with Gasteiger partial charge in [-0.25, -0.2) is 9.59 Å². The summed E-state index contributed by atoms with van der Waals surface area (Å²) in [5, 5.41) is 5.44. The molecule has 166 valence electrons. The molecule has 1 aliphatic rings. The van der Waals surface area contributed by atoms with E-state index in [2.05, 4.69) is 17.6 Å². The Bertz CT molecular complexity index is 765. The highest BCUT2D eigenvalue weighted by Crippen LogP contribution is 2.41. The predicted octanol–water partition coefficient (Wildman–Crippen LogP) is 3.85. The van der Waals surface area contributed by atoms with Crippen LogP contribution in [0.3, 0.4) is 0 Å². The molecule has 1 heterocycles. The van der Waals surface area contributed by atoms with E-state index in [1.807, 2.05) is 0 Å². The SMILES string of the molecule is CCCCCCCOC(=O)C1=C(C)NC(=O)N[C@H]1c1cc(OC)c(OC)c(OC)c1. The fourth-order valence-corrected chi connectivity index (χ4v) is 3.43. The summed E-state index contributed by atoms with van der Waals surface area (Å²) >= 11 is 0. The zero-order chi connectivity index (χ0) is 22.1. The highest BCUT2D eigenvalue weighted by atomic mass is 16.5. The average Bonchev–Trinajstić information content (AvgIpc) is 2.74. The lowest BCUT2D eigenvalue weighted by atomic mass is 9.95. The van der Waals surface area contributed by atoms with Crippen LogP contribution in [0.1, 0.15) is 57.6 Å². The molecule has 0 unspecified atom stereocenters. The van der Waals surface area contributed by atoms with E-state index in [0.717, 1.165) is 25.7 Å². The number of carbonyl (C=O) groups is 2. The van der Waals surface area contributed by atoms with Crippen LogP contribution in [0.15, 0.2) is 23.4 Å². The Kier molecular flexibility index (Phi) is 8.83. The lowest BCUT2D eigenvalue weighted by Crippen LogP contribution is -2.45. The molecule has 1 atom stereocenters. The molecular formula is C22H32N2O6. The summed E-state index contributed by atoms with van der Waals surface area (Å²) in [6, 6.07) is 2.31. The highest BCUT2D eigenvalue weighted by Gasteiger charge is 2.33. The number of unbranched alkanes of at least 4 members (excludes halogenated alkanes) is 4. The van der Waals surface area contributed by atoms with Crippen molar-refractivity contribution in [3.8, 4) is 17.2 Å². The van der Waals surface area contributed by atoms with Gasteiger partial charge >= 0.3 is 12.0 Å². The molecular weight excluding hydrogens is 388 g/mol. The summed E-state index contributed by atoms with van der Waals surface area (Å²) in [5.41, 5.74) is 1.42. The van der Waals surface area contributed by atoms with Crippen LogP contribution in [0, 0.1) is 0 Å². The van der Waals surface area contributed by atoms with Crippen LogP contribution in [-0.2, 0) is 9.53 Å². The third kappa shape index (κ3) is 5.58. The summed E-state index contributed by atoms with van der Waals surface area (Å²) in [7, 11) is 4.54. The molecule has 0 bridgehead atoms. The second kappa shape index (κ2) is 11.3. The Morgan fingerprint density at radius 3 is 2.20 bits per heavy atom. The van der Waals surface area contributed by atoms with Crippen molar-refractivity contribution >= 4 is 12.0 Å². The number of methoxy groups -OCH3 is 3. The van der Waals surface area contributed by atoms with Gasteiger partial charge in [0.05, 0.1) is 39.6 Å². The fraction of sp³-hybridized carbons (Fsp3) is 0.545. The Labute approximate surface area is 177 Å². The molecule has 0 radical (unpaired) electrons. The average molecular weight is 421 g/mol. The molecule has 30 heavy (non-hydrogen) atoms. The first-order valence-corrected chi connectivity index (χ1v) is 10.2. The van der Waals surface area contributed by atoms with E-state index in [1.54, 1.807) is 19.1 Å². The van der Waals surface area contributed by atoms with Crippen molar-refractivity contribution in [1.82, 2.24) is 10.6 Å². The molecule has 0 saturated carbocycles. The lowest BCUT2D eigenvalue weighted by Gasteiger charge is -2.29. The van der Waals surface area contributed by atoms with Crippen molar-refractivity contribution in [2.75, 3.05) is 27.9 Å². The molecule has 0 saturated heterocycles. The number of carbonyl (C=O) groups excluding carboxylic acids is 2. The van der Waals surface area contributed by atoms with E-state index >= 15 is 0 Å². The molecule has 1 aliphatic heterocycles. The standard InChI is InChI=1S/C22H32N2O6/c1-6-7-8-9-10-11-30-21(25)18-14(2)23-22(26)24-19(18)15-12-16(27-3)20(29-5)17(13-15)28-4/h12-13,19H,6-11H2,1-5H3,(H2,23,24,26)/t19-/m0/s1. The van der Waals surface area contributed by atoms with Crippen molar-refractivity contribution in [1.29, 1.82) is 0 Å². The van der Waals surface area contributed by atoms with Crippen LogP contribution in [-0.4, -0.2) is 39.9 Å². The quantitative estimate of drug-likeness (QED) is 0.417. The molecule has 8 heteroatoms.